The summed E-state index contributed by atoms with van der Waals surface area (Å²) >= 11 is 1.56. The normalized spacial score (nSPS) is 15.6. The van der Waals surface area contributed by atoms with Crippen LogP contribution in [0, 0.1) is 6.92 Å². The second kappa shape index (κ2) is 7.59. The molecule has 0 spiro atoms. The molecule has 20 heavy (non-hydrogen) atoms. The Morgan fingerprint density at radius 1 is 1.50 bits per heavy atom. The number of aryl methyl sites for hydroxylation is 1. The molecule has 3 N–H and O–H groups in total. The van der Waals surface area contributed by atoms with Crippen molar-refractivity contribution >= 4 is 17.7 Å². The van der Waals surface area contributed by atoms with E-state index in [0.717, 1.165) is 23.7 Å². The molecule has 0 fully saturated rings. The highest BCUT2D eigenvalue weighted by Crippen LogP contribution is 2.26. The van der Waals surface area contributed by atoms with Crippen molar-refractivity contribution in [3.63, 3.8) is 0 Å². The second-order valence-electron chi connectivity index (χ2n) is 5.30. The predicted molar refractivity (Wildman–Crippen MR) is 82.6 cm³/mol. The van der Waals surface area contributed by atoms with Crippen molar-refractivity contribution in [2.75, 3.05) is 6.54 Å². The van der Waals surface area contributed by atoms with Gasteiger partial charge in [0.2, 0.25) is 5.91 Å². The van der Waals surface area contributed by atoms with Gasteiger partial charge in [-0.05, 0) is 38.8 Å². The molecule has 0 aliphatic rings. The molecule has 1 amide bonds. The van der Waals surface area contributed by atoms with Crippen LogP contribution in [-0.2, 0) is 4.79 Å². The molecule has 0 aromatic carbocycles. The third-order valence-electron chi connectivity index (χ3n) is 3.07. The number of hydrogen-bond donors (Lipinski definition) is 2. The highest BCUT2D eigenvalue weighted by Gasteiger charge is 2.32. The maximum Gasteiger partial charge on any atom is 0.237 e. The molecule has 2 atom stereocenters. The van der Waals surface area contributed by atoms with Crippen LogP contribution in [-0.4, -0.2) is 33.2 Å². The first-order chi connectivity index (χ1) is 9.37. The first-order valence-electron chi connectivity index (χ1n) is 6.87. The van der Waals surface area contributed by atoms with Crippen molar-refractivity contribution in [1.82, 2.24) is 15.3 Å². The molecule has 0 saturated heterocycles. The Morgan fingerprint density at radius 2 is 2.10 bits per heavy atom. The number of aromatic nitrogens is 2. The van der Waals surface area contributed by atoms with E-state index in [9.17, 15) is 4.79 Å². The van der Waals surface area contributed by atoms with Gasteiger partial charge in [0.05, 0.1) is 5.54 Å². The van der Waals surface area contributed by atoms with Crippen LogP contribution in [0.15, 0.2) is 17.6 Å². The van der Waals surface area contributed by atoms with Gasteiger partial charge in [-0.2, -0.15) is 0 Å². The summed E-state index contributed by atoms with van der Waals surface area (Å²) < 4.78 is 0. The standard InChI is InChI=1S/C14H24N4OS/c1-5-6-18-14(4,12(15)19)7-11(3)20-13-16-8-10(2)9-17-13/h8-9,11,18H,5-7H2,1-4H3,(H2,15,19). The van der Waals surface area contributed by atoms with Gasteiger partial charge in [-0.3, -0.25) is 4.79 Å². The van der Waals surface area contributed by atoms with Gasteiger partial charge in [-0.15, -0.1) is 0 Å². The lowest BCUT2D eigenvalue weighted by Gasteiger charge is -2.29. The van der Waals surface area contributed by atoms with E-state index in [4.69, 9.17) is 5.73 Å². The van der Waals surface area contributed by atoms with Crippen LogP contribution in [0.3, 0.4) is 0 Å². The Morgan fingerprint density at radius 3 is 2.60 bits per heavy atom. The van der Waals surface area contributed by atoms with Crippen LogP contribution in [0.2, 0.25) is 0 Å². The van der Waals surface area contributed by atoms with Crippen LogP contribution in [0.5, 0.6) is 0 Å². The van der Waals surface area contributed by atoms with Crippen molar-refractivity contribution in [1.29, 1.82) is 0 Å². The molecule has 6 heteroatoms. The minimum absolute atomic E-state index is 0.194. The number of amides is 1. The smallest absolute Gasteiger partial charge is 0.237 e. The lowest BCUT2D eigenvalue weighted by Crippen LogP contribution is -2.54. The number of carbonyl (C=O) groups excluding carboxylic acids is 1. The first kappa shape index (κ1) is 16.9. The molecule has 112 valence electrons. The van der Waals surface area contributed by atoms with Crippen LogP contribution in [0.25, 0.3) is 0 Å². The van der Waals surface area contributed by atoms with Crippen molar-refractivity contribution < 1.29 is 4.79 Å². The van der Waals surface area contributed by atoms with E-state index in [1.165, 1.54) is 0 Å². The molecule has 0 bridgehead atoms. The summed E-state index contributed by atoms with van der Waals surface area (Å²) in [6, 6.07) is 0. The fourth-order valence-electron chi connectivity index (χ4n) is 1.90. The first-order valence-corrected chi connectivity index (χ1v) is 7.75. The summed E-state index contributed by atoms with van der Waals surface area (Å²) in [5, 5.41) is 4.16. The fourth-order valence-corrected chi connectivity index (χ4v) is 2.90. The van der Waals surface area contributed by atoms with E-state index < -0.39 is 5.54 Å². The van der Waals surface area contributed by atoms with Crippen molar-refractivity contribution in [3.05, 3.63) is 18.0 Å². The summed E-state index contributed by atoms with van der Waals surface area (Å²) in [7, 11) is 0. The Labute approximate surface area is 125 Å². The lowest BCUT2D eigenvalue weighted by atomic mass is 9.95. The summed E-state index contributed by atoms with van der Waals surface area (Å²) in [6.45, 7) is 8.71. The van der Waals surface area contributed by atoms with Gasteiger partial charge < -0.3 is 11.1 Å². The number of primary amides is 1. The summed E-state index contributed by atoms with van der Waals surface area (Å²) in [4.78, 5) is 20.2. The second-order valence-corrected chi connectivity index (χ2v) is 6.70. The third-order valence-corrected chi connectivity index (χ3v) is 4.06. The highest BCUT2D eigenvalue weighted by molar-refractivity contribution is 7.99. The van der Waals surface area contributed by atoms with E-state index in [0.29, 0.717) is 6.42 Å². The van der Waals surface area contributed by atoms with E-state index in [2.05, 4.69) is 29.1 Å². The fraction of sp³-hybridized carbons (Fsp3) is 0.643. The predicted octanol–water partition coefficient (Wildman–Crippen LogP) is 1.90. The van der Waals surface area contributed by atoms with Crippen LogP contribution >= 0.6 is 11.8 Å². The van der Waals surface area contributed by atoms with Crippen LogP contribution in [0.1, 0.15) is 39.2 Å². The van der Waals surface area contributed by atoms with Crippen LogP contribution in [0.4, 0.5) is 0 Å². The number of nitrogens with zero attached hydrogens (tertiary/aromatic N) is 2. The van der Waals surface area contributed by atoms with Crippen molar-refractivity contribution in [2.45, 2.75) is 56.5 Å². The summed E-state index contributed by atoms with van der Waals surface area (Å²) in [5.41, 5.74) is 5.88. The molecule has 2 unspecified atom stereocenters. The molecule has 0 radical (unpaired) electrons. The van der Waals surface area contributed by atoms with E-state index in [1.807, 2.05) is 13.8 Å². The zero-order chi connectivity index (χ0) is 15.2. The molecule has 0 aliphatic heterocycles. The molecular formula is C14H24N4OS. The maximum absolute atomic E-state index is 11.7. The molecule has 1 aromatic heterocycles. The average Bonchev–Trinajstić information content (AvgIpc) is 2.39. The number of nitrogens with one attached hydrogen (secondary N) is 1. The molecular weight excluding hydrogens is 272 g/mol. The zero-order valence-electron chi connectivity index (χ0n) is 12.6. The van der Waals surface area contributed by atoms with Crippen molar-refractivity contribution in [2.24, 2.45) is 5.73 Å². The van der Waals surface area contributed by atoms with Crippen molar-refractivity contribution in [3.8, 4) is 0 Å². The largest absolute Gasteiger partial charge is 0.368 e. The number of carbonyl (C=O) groups is 1. The van der Waals surface area contributed by atoms with E-state index >= 15 is 0 Å². The monoisotopic (exact) mass is 296 g/mol. The average molecular weight is 296 g/mol. The Balaban J connectivity index is 2.64. The maximum atomic E-state index is 11.7. The minimum atomic E-state index is -0.687. The number of nitrogens with two attached hydrogens (primary N) is 1. The molecule has 0 aliphatic carbocycles. The summed E-state index contributed by atoms with van der Waals surface area (Å²) in [6.07, 6.45) is 5.20. The lowest BCUT2D eigenvalue weighted by molar-refractivity contribution is -0.124. The molecule has 5 nitrogen and oxygen atoms in total. The van der Waals surface area contributed by atoms with Gasteiger partial charge in [0.25, 0.3) is 0 Å². The van der Waals surface area contributed by atoms with Gasteiger partial charge >= 0.3 is 0 Å². The van der Waals surface area contributed by atoms with E-state index in [-0.39, 0.29) is 11.2 Å². The van der Waals surface area contributed by atoms with Gasteiger partial charge in [-0.25, -0.2) is 9.97 Å². The van der Waals surface area contributed by atoms with Gasteiger partial charge in [0, 0.05) is 17.6 Å². The summed E-state index contributed by atoms with van der Waals surface area (Å²) in [5.74, 6) is -0.316. The highest BCUT2D eigenvalue weighted by atomic mass is 32.2. The third kappa shape index (κ3) is 5.09. The Hall–Kier alpha value is -1.14. The van der Waals surface area contributed by atoms with E-state index in [1.54, 1.807) is 24.2 Å². The van der Waals surface area contributed by atoms with Gasteiger partial charge in [0.15, 0.2) is 5.16 Å². The van der Waals surface area contributed by atoms with Gasteiger partial charge in [0.1, 0.15) is 0 Å². The number of rotatable bonds is 8. The number of hydrogen-bond acceptors (Lipinski definition) is 5. The molecule has 1 rings (SSSR count). The SMILES string of the molecule is CCCNC(C)(CC(C)Sc1ncc(C)cn1)C(N)=O. The minimum Gasteiger partial charge on any atom is -0.368 e. The Bertz CT molecular complexity index is 437. The zero-order valence-corrected chi connectivity index (χ0v) is 13.5. The quantitative estimate of drug-likeness (QED) is 0.565. The molecule has 0 saturated carbocycles. The topological polar surface area (TPSA) is 80.9 Å². The molecule has 1 aromatic rings. The van der Waals surface area contributed by atoms with Gasteiger partial charge in [-0.1, -0.05) is 25.6 Å². The van der Waals surface area contributed by atoms with Crippen LogP contribution < -0.4 is 11.1 Å². The number of thioether (sulfide) groups is 1. The molecule has 1 heterocycles. The Kier molecular flexibility index (Phi) is 6.42.